The molecule has 6 heteroatoms. The van der Waals surface area contributed by atoms with Crippen LogP contribution in [0.3, 0.4) is 0 Å². The lowest BCUT2D eigenvalue weighted by Gasteiger charge is -2.27. The molecule has 1 N–H and O–H groups in total. The first-order valence-electron chi connectivity index (χ1n) is 9.09. The largest absolute Gasteiger partial charge is 0.481 e. The molecule has 0 saturated carbocycles. The molecule has 27 heavy (non-hydrogen) atoms. The number of hydrogen-bond donors (Lipinski definition) is 1. The van der Waals surface area contributed by atoms with Gasteiger partial charge in [-0.05, 0) is 37.1 Å². The van der Waals surface area contributed by atoms with Gasteiger partial charge in [-0.1, -0.05) is 49.2 Å². The lowest BCUT2D eigenvalue weighted by molar-refractivity contribution is -0.137. The maximum atomic E-state index is 13.0. The smallest absolute Gasteiger partial charge is 0.303 e. The van der Waals surface area contributed by atoms with E-state index in [1.807, 2.05) is 36.4 Å². The number of rotatable bonds is 8. The number of unbranched alkanes of at least 4 members (excludes halogenated alkanes) is 2. The second-order valence-electron chi connectivity index (χ2n) is 6.52. The van der Waals surface area contributed by atoms with E-state index in [-0.39, 0.29) is 18.2 Å². The first kappa shape index (κ1) is 18.6. The standard InChI is InChI=1S/C21H22N2O4/c24-19(25)15-9-3-8-14-18-20(26)22(16-10-4-1-5-11-16)23(21(18)27)17-12-6-2-7-13-17/h1-2,4-7,10-13,18H,3,8-9,14-15H2,(H,24,25). The fourth-order valence-corrected chi connectivity index (χ4v) is 3.27. The van der Waals surface area contributed by atoms with Crippen LogP contribution in [0.4, 0.5) is 11.4 Å². The molecule has 2 amide bonds. The normalized spacial score (nSPS) is 14.8. The van der Waals surface area contributed by atoms with E-state index in [1.54, 1.807) is 24.3 Å². The first-order chi connectivity index (χ1) is 13.1. The summed E-state index contributed by atoms with van der Waals surface area (Å²) in [4.78, 5) is 36.7. The number of para-hydroxylation sites is 2. The summed E-state index contributed by atoms with van der Waals surface area (Å²) in [6.45, 7) is 0. The number of anilines is 2. The van der Waals surface area contributed by atoms with E-state index in [4.69, 9.17) is 5.11 Å². The summed E-state index contributed by atoms with van der Waals surface area (Å²) < 4.78 is 0. The van der Waals surface area contributed by atoms with Crippen molar-refractivity contribution in [2.24, 2.45) is 5.92 Å². The van der Waals surface area contributed by atoms with Gasteiger partial charge in [0.25, 0.3) is 11.8 Å². The molecule has 0 unspecified atom stereocenters. The van der Waals surface area contributed by atoms with Crippen molar-refractivity contribution >= 4 is 29.2 Å². The Morgan fingerprint density at radius 3 is 1.70 bits per heavy atom. The summed E-state index contributed by atoms with van der Waals surface area (Å²) >= 11 is 0. The summed E-state index contributed by atoms with van der Waals surface area (Å²) in [5.41, 5.74) is 1.29. The van der Waals surface area contributed by atoms with Gasteiger partial charge in [-0.2, -0.15) is 0 Å². The monoisotopic (exact) mass is 366 g/mol. The molecule has 0 aromatic heterocycles. The van der Waals surface area contributed by atoms with E-state index in [0.717, 1.165) is 0 Å². The van der Waals surface area contributed by atoms with Crippen LogP contribution in [0.15, 0.2) is 60.7 Å². The molecule has 140 valence electrons. The Labute approximate surface area is 158 Å². The summed E-state index contributed by atoms with van der Waals surface area (Å²) in [6, 6.07) is 18.2. The topological polar surface area (TPSA) is 77.9 Å². The second kappa shape index (κ2) is 8.49. The third-order valence-electron chi connectivity index (χ3n) is 4.60. The number of hydrazine groups is 1. The number of aliphatic carboxylic acids is 1. The molecule has 1 heterocycles. The van der Waals surface area contributed by atoms with Crippen LogP contribution in [-0.2, 0) is 14.4 Å². The van der Waals surface area contributed by atoms with Gasteiger partial charge in [0.05, 0.1) is 11.4 Å². The number of carboxylic acid groups (broad SMARTS) is 1. The number of hydrogen-bond acceptors (Lipinski definition) is 3. The minimum Gasteiger partial charge on any atom is -0.481 e. The van der Waals surface area contributed by atoms with Crippen molar-refractivity contribution in [3.05, 3.63) is 60.7 Å². The molecule has 0 aliphatic carbocycles. The SMILES string of the molecule is O=C(O)CCCCCC1C(=O)N(c2ccccc2)N(c2ccccc2)C1=O. The molecule has 0 spiro atoms. The Balaban J connectivity index is 1.80. The van der Waals surface area contributed by atoms with Gasteiger partial charge < -0.3 is 5.11 Å². The highest BCUT2D eigenvalue weighted by Crippen LogP contribution is 2.33. The lowest BCUT2D eigenvalue weighted by Crippen LogP contribution is -2.41. The fraction of sp³-hybridized carbons (Fsp3) is 0.286. The van der Waals surface area contributed by atoms with Gasteiger partial charge in [0.2, 0.25) is 0 Å². The van der Waals surface area contributed by atoms with E-state index < -0.39 is 11.9 Å². The van der Waals surface area contributed by atoms with Gasteiger partial charge in [-0.25, -0.2) is 10.0 Å². The molecule has 3 rings (SSSR count). The van der Waals surface area contributed by atoms with Crippen LogP contribution in [0.5, 0.6) is 0 Å². The van der Waals surface area contributed by atoms with Gasteiger partial charge in [0.1, 0.15) is 5.92 Å². The van der Waals surface area contributed by atoms with Crippen molar-refractivity contribution in [1.29, 1.82) is 0 Å². The highest BCUT2D eigenvalue weighted by Gasteiger charge is 2.46. The fourth-order valence-electron chi connectivity index (χ4n) is 3.27. The zero-order chi connectivity index (χ0) is 19.2. The van der Waals surface area contributed by atoms with Crippen LogP contribution in [0.25, 0.3) is 0 Å². The number of carbonyl (C=O) groups excluding carboxylic acids is 2. The minimum atomic E-state index is -0.825. The third kappa shape index (κ3) is 4.16. The van der Waals surface area contributed by atoms with E-state index in [2.05, 4.69) is 0 Å². The first-order valence-corrected chi connectivity index (χ1v) is 9.09. The molecule has 1 aliphatic heterocycles. The van der Waals surface area contributed by atoms with Gasteiger partial charge >= 0.3 is 5.97 Å². The van der Waals surface area contributed by atoms with Crippen LogP contribution in [0, 0.1) is 5.92 Å². The molecular formula is C21H22N2O4. The molecule has 2 aromatic rings. The van der Waals surface area contributed by atoms with E-state index in [9.17, 15) is 14.4 Å². The van der Waals surface area contributed by atoms with Crippen LogP contribution in [-0.4, -0.2) is 22.9 Å². The Hall–Kier alpha value is -3.15. The molecule has 1 aliphatic rings. The predicted octanol–water partition coefficient (Wildman–Crippen LogP) is 3.63. The summed E-state index contributed by atoms with van der Waals surface area (Å²) in [6.07, 6.45) is 2.40. The maximum Gasteiger partial charge on any atom is 0.303 e. The number of carboxylic acids is 1. The molecule has 0 bridgehead atoms. The van der Waals surface area contributed by atoms with Crippen molar-refractivity contribution in [2.75, 3.05) is 10.0 Å². The highest BCUT2D eigenvalue weighted by molar-refractivity contribution is 6.22. The van der Waals surface area contributed by atoms with Crippen molar-refractivity contribution in [1.82, 2.24) is 0 Å². The average molecular weight is 366 g/mol. The highest BCUT2D eigenvalue weighted by atomic mass is 16.4. The number of nitrogens with zero attached hydrogens (tertiary/aromatic N) is 2. The van der Waals surface area contributed by atoms with Crippen molar-refractivity contribution in [2.45, 2.75) is 32.1 Å². The van der Waals surface area contributed by atoms with E-state index in [0.29, 0.717) is 37.1 Å². The molecular weight excluding hydrogens is 344 g/mol. The van der Waals surface area contributed by atoms with Crippen molar-refractivity contribution < 1.29 is 19.5 Å². The van der Waals surface area contributed by atoms with E-state index >= 15 is 0 Å². The van der Waals surface area contributed by atoms with Gasteiger partial charge in [-0.15, -0.1) is 0 Å². The zero-order valence-electron chi connectivity index (χ0n) is 15.0. The number of benzene rings is 2. The quantitative estimate of drug-likeness (QED) is 0.572. The van der Waals surface area contributed by atoms with Crippen LogP contribution < -0.4 is 10.0 Å². The summed E-state index contributed by atoms with van der Waals surface area (Å²) in [7, 11) is 0. The predicted molar refractivity (Wildman–Crippen MR) is 102 cm³/mol. The second-order valence-corrected chi connectivity index (χ2v) is 6.52. The Bertz CT molecular complexity index is 750. The number of amides is 2. The van der Waals surface area contributed by atoms with Crippen LogP contribution >= 0.6 is 0 Å². The van der Waals surface area contributed by atoms with Gasteiger partial charge in [0.15, 0.2) is 0 Å². The van der Waals surface area contributed by atoms with Gasteiger partial charge in [0, 0.05) is 6.42 Å². The summed E-state index contributed by atoms with van der Waals surface area (Å²) in [5, 5.41) is 11.6. The molecule has 0 atom stereocenters. The Kier molecular flexibility index (Phi) is 5.86. The van der Waals surface area contributed by atoms with Crippen LogP contribution in [0.2, 0.25) is 0 Å². The molecule has 6 nitrogen and oxygen atoms in total. The van der Waals surface area contributed by atoms with Crippen LogP contribution in [0.1, 0.15) is 32.1 Å². The summed E-state index contributed by atoms with van der Waals surface area (Å²) in [5.74, 6) is -2.05. The van der Waals surface area contributed by atoms with Crippen molar-refractivity contribution in [3.63, 3.8) is 0 Å². The zero-order valence-corrected chi connectivity index (χ0v) is 15.0. The molecule has 1 saturated heterocycles. The maximum absolute atomic E-state index is 13.0. The Morgan fingerprint density at radius 1 is 0.778 bits per heavy atom. The molecule has 0 radical (unpaired) electrons. The van der Waals surface area contributed by atoms with Crippen molar-refractivity contribution in [3.8, 4) is 0 Å². The lowest BCUT2D eigenvalue weighted by atomic mass is 10.00. The Morgan fingerprint density at radius 2 is 1.26 bits per heavy atom. The minimum absolute atomic E-state index is 0.110. The van der Waals surface area contributed by atoms with E-state index in [1.165, 1.54) is 10.0 Å². The van der Waals surface area contributed by atoms with Gasteiger partial charge in [-0.3, -0.25) is 14.4 Å². The average Bonchev–Trinajstić information content (AvgIpc) is 2.93. The molecule has 2 aromatic carbocycles. The third-order valence-corrected chi connectivity index (χ3v) is 4.60. The molecule has 1 fully saturated rings. The number of carbonyl (C=O) groups is 3.